The summed E-state index contributed by atoms with van der Waals surface area (Å²) in [5.74, 6) is 1.21. The Morgan fingerprint density at radius 3 is 2.65 bits per heavy atom. The Labute approximate surface area is 135 Å². The van der Waals surface area contributed by atoms with Crippen molar-refractivity contribution in [1.29, 1.82) is 0 Å². The van der Waals surface area contributed by atoms with Crippen LogP contribution in [0.25, 0.3) is 0 Å². The Balaban J connectivity index is 1.60. The van der Waals surface area contributed by atoms with Gasteiger partial charge in [-0.05, 0) is 29.8 Å². The van der Waals surface area contributed by atoms with Crippen LogP contribution in [0.15, 0.2) is 48.5 Å². The molecule has 23 heavy (non-hydrogen) atoms. The van der Waals surface area contributed by atoms with Crippen LogP contribution in [0, 0.1) is 0 Å². The van der Waals surface area contributed by atoms with Crippen LogP contribution in [-0.4, -0.2) is 32.3 Å². The summed E-state index contributed by atoms with van der Waals surface area (Å²) in [4.78, 5) is 12.4. The molecular formula is C18H19NO4. The van der Waals surface area contributed by atoms with Crippen LogP contribution >= 0.6 is 0 Å². The molecule has 0 aromatic heterocycles. The van der Waals surface area contributed by atoms with Gasteiger partial charge >= 0.3 is 0 Å². The number of methoxy groups -OCH3 is 1. The normalized spacial score (nSPS) is 15.8. The summed E-state index contributed by atoms with van der Waals surface area (Å²) in [7, 11) is 1.63. The number of carbonyl (C=O) groups excluding carboxylic acids is 1. The molecule has 1 aliphatic heterocycles. The third-order valence-electron chi connectivity index (χ3n) is 3.57. The summed E-state index contributed by atoms with van der Waals surface area (Å²) in [5, 5.41) is 2.91. The van der Waals surface area contributed by atoms with Gasteiger partial charge in [0.25, 0.3) is 5.91 Å². The molecule has 1 heterocycles. The summed E-state index contributed by atoms with van der Waals surface area (Å²) >= 11 is 0. The number of nitrogens with one attached hydrogen (secondary N) is 1. The summed E-state index contributed by atoms with van der Waals surface area (Å²) in [6.45, 7) is 1.65. The van der Waals surface area contributed by atoms with Gasteiger partial charge in [-0.1, -0.05) is 24.3 Å². The van der Waals surface area contributed by atoms with Crippen LogP contribution in [0.2, 0.25) is 0 Å². The van der Waals surface area contributed by atoms with E-state index in [-0.39, 0.29) is 12.0 Å². The molecule has 120 valence electrons. The molecule has 0 bridgehead atoms. The van der Waals surface area contributed by atoms with E-state index in [2.05, 4.69) is 5.32 Å². The average molecular weight is 313 g/mol. The van der Waals surface area contributed by atoms with Crippen molar-refractivity contribution in [3.63, 3.8) is 0 Å². The zero-order valence-corrected chi connectivity index (χ0v) is 13.0. The lowest BCUT2D eigenvalue weighted by Crippen LogP contribution is -2.23. The molecule has 0 aliphatic carbocycles. The van der Waals surface area contributed by atoms with E-state index in [1.807, 2.05) is 36.4 Å². The topological polar surface area (TPSA) is 60.1 Å². The predicted molar refractivity (Wildman–Crippen MR) is 85.8 cm³/mol. The lowest BCUT2D eigenvalue weighted by molar-refractivity contribution is 0.0946. The Kier molecular flexibility index (Phi) is 4.78. The van der Waals surface area contributed by atoms with Crippen LogP contribution in [0.1, 0.15) is 15.9 Å². The molecule has 2 aromatic carbocycles. The number of hydrogen-bond donors (Lipinski definition) is 1. The zero-order valence-electron chi connectivity index (χ0n) is 13.0. The SMILES string of the molecule is COc1ccc(CNC(=O)c2ccccc2OCC2CO2)cc1. The summed E-state index contributed by atoms with van der Waals surface area (Å²) < 4.78 is 15.9. The third kappa shape index (κ3) is 4.23. The largest absolute Gasteiger partial charge is 0.497 e. The molecule has 1 amide bonds. The van der Waals surface area contributed by atoms with Crippen LogP contribution in [0.5, 0.6) is 11.5 Å². The van der Waals surface area contributed by atoms with E-state index in [9.17, 15) is 4.79 Å². The molecule has 1 unspecified atom stereocenters. The molecule has 1 fully saturated rings. The molecule has 0 saturated carbocycles. The van der Waals surface area contributed by atoms with Gasteiger partial charge in [-0.25, -0.2) is 0 Å². The highest BCUT2D eigenvalue weighted by Gasteiger charge is 2.24. The number of hydrogen-bond acceptors (Lipinski definition) is 4. The fraction of sp³-hybridized carbons (Fsp3) is 0.278. The van der Waals surface area contributed by atoms with Crippen molar-refractivity contribution in [2.24, 2.45) is 0 Å². The minimum absolute atomic E-state index is 0.158. The molecule has 0 radical (unpaired) electrons. The van der Waals surface area contributed by atoms with E-state index < -0.39 is 0 Å². The number of benzene rings is 2. The molecule has 2 aromatic rings. The van der Waals surface area contributed by atoms with Gasteiger partial charge in [0, 0.05) is 6.54 Å². The summed E-state index contributed by atoms with van der Waals surface area (Å²) in [6.07, 6.45) is 0.158. The van der Waals surface area contributed by atoms with Crippen molar-refractivity contribution in [3.05, 3.63) is 59.7 Å². The highest BCUT2D eigenvalue weighted by molar-refractivity contribution is 5.96. The number of carbonyl (C=O) groups is 1. The fourth-order valence-corrected chi connectivity index (χ4v) is 2.15. The van der Waals surface area contributed by atoms with Gasteiger partial charge in [0.1, 0.15) is 24.2 Å². The molecule has 5 heteroatoms. The predicted octanol–water partition coefficient (Wildman–Crippen LogP) is 2.40. The number of para-hydroxylation sites is 1. The van der Waals surface area contributed by atoms with Crippen LogP contribution in [0.4, 0.5) is 0 Å². The monoisotopic (exact) mass is 313 g/mol. The van der Waals surface area contributed by atoms with Crippen molar-refractivity contribution >= 4 is 5.91 Å². The molecular weight excluding hydrogens is 294 g/mol. The van der Waals surface area contributed by atoms with Gasteiger partial charge in [0.05, 0.1) is 19.3 Å². The van der Waals surface area contributed by atoms with Crippen molar-refractivity contribution < 1.29 is 19.0 Å². The molecule has 1 atom stereocenters. The van der Waals surface area contributed by atoms with Gasteiger partial charge in [-0.2, -0.15) is 0 Å². The molecule has 1 aliphatic rings. The van der Waals surface area contributed by atoms with E-state index >= 15 is 0 Å². The van der Waals surface area contributed by atoms with Crippen molar-refractivity contribution in [2.75, 3.05) is 20.3 Å². The van der Waals surface area contributed by atoms with E-state index in [0.717, 1.165) is 17.9 Å². The lowest BCUT2D eigenvalue weighted by atomic mass is 10.1. The smallest absolute Gasteiger partial charge is 0.255 e. The molecule has 1 saturated heterocycles. The minimum atomic E-state index is -0.159. The van der Waals surface area contributed by atoms with Gasteiger partial charge in [-0.3, -0.25) is 4.79 Å². The van der Waals surface area contributed by atoms with E-state index in [1.165, 1.54) is 0 Å². The van der Waals surface area contributed by atoms with Gasteiger partial charge in [-0.15, -0.1) is 0 Å². The standard InChI is InChI=1S/C18H19NO4/c1-21-14-8-6-13(7-9-14)10-19-18(20)16-4-2-3-5-17(16)23-12-15-11-22-15/h2-9,15H,10-12H2,1H3,(H,19,20). The Bertz CT molecular complexity index is 665. The first-order valence-electron chi connectivity index (χ1n) is 7.51. The summed E-state index contributed by atoms with van der Waals surface area (Å²) in [6, 6.07) is 14.8. The van der Waals surface area contributed by atoms with Crippen LogP contribution in [-0.2, 0) is 11.3 Å². The van der Waals surface area contributed by atoms with Gasteiger partial charge in [0.15, 0.2) is 0 Å². The second-order valence-electron chi connectivity index (χ2n) is 5.29. The van der Waals surface area contributed by atoms with E-state index in [1.54, 1.807) is 19.2 Å². The van der Waals surface area contributed by atoms with Crippen molar-refractivity contribution in [2.45, 2.75) is 12.6 Å². The van der Waals surface area contributed by atoms with E-state index in [4.69, 9.17) is 14.2 Å². The maximum Gasteiger partial charge on any atom is 0.255 e. The molecule has 0 spiro atoms. The number of epoxide rings is 1. The second-order valence-corrected chi connectivity index (χ2v) is 5.29. The first-order chi connectivity index (χ1) is 11.3. The van der Waals surface area contributed by atoms with E-state index in [0.29, 0.717) is 24.5 Å². The van der Waals surface area contributed by atoms with Gasteiger partial charge in [0.2, 0.25) is 0 Å². The Hall–Kier alpha value is -2.53. The quantitative estimate of drug-likeness (QED) is 0.798. The average Bonchev–Trinajstić information content (AvgIpc) is 3.43. The number of amides is 1. The Morgan fingerprint density at radius 2 is 1.96 bits per heavy atom. The first kappa shape index (κ1) is 15.4. The van der Waals surface area contributed by atoms with Crippen molar-refractivity contribution in [3.8, 4) is 11.5 Å². The van der Waals surface area contributed by atoms with Crippen molar-refractivity contribution in [1.82, 2.24) is 5.32 Å². The highest BCUT2D eigenvalue weighted by Crippen LogP contribution is 2.20. The second kappa shape index (κ2) is 7.15. The lowest BCUT2D eigenvalue weighted by Gasteiger charge is -2.11. The third-order valence-corrected chi connectivity index (χ3v) is 3.57. The number of ether oxygens (including phenoxy) is 3. The maximum atomic E-state index is 12.4. The number of rotatable bonds is 7. The molecule has 5 nitrogen and oxygen atoms in total. The first-order valence-corrected chi connectivity index (χ1v) is 7.51. The molecule has 3 rings (SSSR count). The maximum absolute atomic E-state index is 12.4. The fourth-order valence-electron chi connectivity index (χ4n) is 2.15. The molecule has 1 N–H and O–H groups in total. The Morgan fingerprint density at radius 1 is 1.22 bits per heavy atom. The minimum Gasteiger partial charge on any atom is -0.497 e. The van der Waals surface area contributed by atoms with Gasteiger partial charge < -0.3 is 19.5 Å². The highest BCUT2D eigenvalue weighted by atomic mass is 16.6. The van der Waals surface area contributed by atoms with Crippen LogP contribution in [0.3, 0.4) is 0 Å². The summed E-state index contributed by atoms with van der Waals surface area (Å²) in [5.41, 5.74) is 1.53. The zero-order chi connectivity index (χ0) is 16.1. The van der Waals surface area contributed by atoms with Crippen LogP contribution < -0.4 is 14.8 Å².